The molecule has 2 aromatic carbocycles. The van der Waals surface area contributed by atoms with Crippen molar-refractivity contribution in [3.63, 3.8) is 0 Å². The van der Waals surface area contributed by atoms with Crippen molar-refractivity contribution >= 4 is 28.7 Å². The molecule has 0 saturated heterocycles. The molecule has 1 N–H and O–H groups in total. The van der Waals surface area contributed by atoms with Gasteiger partial charge in [0.15, 0.2) is 0 Å². The van der Waals surface area contributed by atoms with Crippen molar-refractivity contribution in [2.75, 3.05) is 24.3 Å². The molecule has 0 atom stereocenters. The maximum absolute atomic E-state index is 12.2. The highest BCUT2D eigenvalue weighted by atomic mass is 16.6. The summed E-state index contributed by atoms with van der Waals surface area (Å²) in [5.41, 5.74) is 0.0251. The lowest BCUT2D eigenvalue weighted by molar-refractivity contribution is -0.422. The Balaban J connectivity index is 2.25. The molecule has 0 spiro atoms. The predicted octanol–water partition coefficient (Wildman–Crippen LogP) is 2.82. The van der Waals surface area contributed by atoms with Crippen LogP contribution in [-0.4, -0.2) is 29.8 Å². The molecular formula is C15H14N4O5. The summed E-state index contributed by atoms with van der Waals surface area (Å²) in [7, 11) is 3.76. The fourth-order valence-electron chi connectivity index (χ4n) is 2.01. The predicted molar refractivity (Wildman–Crippen MR) is 88.5 cm³/mol. The molecule has 0 heterocycles. The van der Waals surface area contributed by atoms with E-state index in [2.05, 4.69) is 5.32 Å². The molecule has 1 amide bonds. The summed E-state index contributed by atoms with van der Waals surface area (Å²) < 4.78 is 0. The van der Waals surface area contributed by atoms with E-state index in [1.54, 1.807) is 24.3 Å². The van der Waals surface area contributed by atoms with Gasteiger partial charge in [-0.1, -0.05) is 0 Å². The van der Waals surface area contributed by atoms with Crippen LogP contribution in [0.25, 0.3) is 0 Å². The number of benzene rings is 2. The average Bonchev–Trinajstić information content (AvgIpc) is 2.54. The van der Waals surface area contributed by atoms with Crippen LogP contribution in [0.4, 0.5) is 22.7 Å². The topological polar surface area (TPSA) is 119 Å². The van der Waals surface area contributed by atoms with Crippen LogP contribution >= 0.6 is 0 Å². The van der Waals surface area contributed by atoms with Gasteiger partial charge in [-0.25, -0.2) is 0 Å². The van der Waals surface area contributed by atoms with Gasteiger partial charge in [0.05, 0.1) is 9.85 Å². The summed E-state index contributed by atoms with van der Waals surface area (Å²) in [4.78, 5) is 34.0. The van der Waals surface area contributed by atoms with Gasteiger partial charge in [-0.05, 0) is 30.3 Å². The van der Waals surface area contributed by atoms with E-state index in [0.29, 0.717) is 5.69 Å². The Bertz CT molecular complexity index is 802. The molecule has 124 valence electrons. The number of hydrogen-bond donors (Lipinski definition) is 1. The van der Waals surface area contributed by atoms with Crippen molar-refractivity contribution in [1.29, 1.82) is 0 Å². The summed E-state index contributed by atoms with van der Waals surface area (Å²) in [5.74, 6) is -0.592. The second-order valence-corrected chi connectivity index (χ2v) is 5.11. The number of nitro groups is 2. The third kappa shape index (κ3) is 3.64. The lowest BCUT2D eigenvalue weighted by Crippen LogP contribution is -2.13. The number of nitrogens with zero attached hydrogens (tertiary/aromatic N) is 3. The Morgan fingerprint density at radius 1 is 0.958 bits per heavy atom. The summed E-state index contributed by atoms with van der Waals surface area (Å²) in [6, 6.07) is 9.99. The summed E-state index contributed by atoms with van der Waals surface area (Å²) >= 11 is 0. The van der Waals surface area contributed by atoms with Gasteiger partial charge in [-0.15, -0.1) is 0 Å². The number of amides is 1. The monoisotopic (exact) mass is 330 g/mol. The van der Waals surface area contributed by atoms with E-state index in [9.17, 15) is 25.0 Å². The number of nitro benzene ring substituents is 2. The van der Waals surface area contributed by atoms with Crippen LogP contribution < -0.4 is 10.2 Å². The van der Waals surface area contributed by atoms with Crippen LogP contribution in [0.3, 0.4) is 0 Å². The van der Waals surface area contributed by atoms with Crippen molar-refractivity contribution in [1.82, 2.24) is 0 Å². The number of nitrogens with one attached hydrogen (secondary N) is 1. The summed E-state index contributed by atoms with van der Waals surface area (Å²) in [6.07, 6.45) is 0. The van der Waals surface area contributed by atoms with Crippen LogP contribution in [0, 0.1) is 20.2 Å². The average molecular weight is 330 g/mol. The third-order valence-corrected chi connectivity index (χ3v) is 3.27. The first-order valence-electron chi connectivity index (χ1n) is 6.81. The Morgan fingerprint density at radius 3 is 2.04 bits per heavy atom. The number of rotatable bonds is 5. The lowest BCUT2D eigenvalue weighted by atomic mass is 10.1. The number of carbonyl (C=O) groups is 1. The van der Waals surface area contributed by atoms with E-state index in [4.69, 9.17) is 0 Å². The zero-order valence-corrected chi connectivity index (χ0v) is 12.9. The quantitative estimate of drug-likeness (QED) is 0.665. The van der Waals surface area contributed by atoms with Crippen molar-refractivity contribution < 1.29 is 14.6 Å². The van der Waals surface area contributed by atoms with E-state index >= 15 is 0 Å². The van der Waals surface area contributed by atoms with Gasteiger partial charge in [0.1, 0.15) is 0 Å². The highest BCUT2D eigenvalue weighted by molar-refractivity contribution is 6.05. The van der Waals surface area contributed by atoms with Gasteiger partial charge in [0.25, 0.3) is 5.91 Å². The Hall–Kier alpha value is -3.49. The molecule has 2 rings (SSSR count). The van der Waals surface area contributed by atoms with Crippen molar-refractivity contribution in [2.24, 2.45) is 0 Å². The largest absolute Gasteiger partial charge is 0.378 e. The molecule has 9 heteroatoms. The summed E-state index contributed by atoms with van der Waals surface area (Å²) in [5, 5.41) is 24.3. The second-order valence-electron chi connectivity index (χ2n) is 5.11. The van der Waals surface area contributed by atoms with Gasteiger partial charge < -0.3 is 10.2 Å². The lowest BCUT2D eigenvalue weighted by Gasteiger charge is -2.13. The van der Waals surface area contributed by atoms with Gasteiger partial charge in [0, 0.05) is 43.2 Å². The zero-order valence-electron chi connectivity index (χ0n) is 12.9. The standard InChI is InChI=1S/C15H14N4O5/c1-17(2)12-6-4-11(5-7-12)16-15(20)10-3-8-13(18(21)22)14(9-10)19(23)24/h3-9H,1-2H3,(H,16,20). The van der Waals surface area contributed by atoms with Crippen LogP contribution in [0.2, 0.25) is 0 Å². The van der Waals surface area contributed by atoms with Gasteiger partial charge in [0.2, 0.25) is 0 Å². The minimum atomic E-state index is -0.888. The van der Waals surface area contributed by atoms with Gasteiger partial charge in [-0.3, -0.25) is 25.0 Å². The molecule has 9 nitrogen and oxygen atoms in total. The highest BCUT2D eigenvalue weighted by Crippen LogP contribution is 2.28. The van der Waals surface area contributed by atoms with Crippen molar-refractivity contribution in [3.05, 3.63) is 68.3 Å². The third-order valence-electron chi connectivity index (χ3n) is 3.27. The molecule has 0 radical (unpaired) electrons. The van der Waals surface area contributed by atoms with E-state index in [0.717, 1.165) is 17.8 Å². The molecule has 0 saturated carbocycles. The van der Waals surface area contributed by atoms with Crippen LogP contribution in [0.1, 0.15) is 10.4 Å². The van der Waals surface area contributed by atoms with Gasteiger partial charge >= 0.3 is 11.4 Å². The summed E-state index contributed by atoms with van der Waals surface area (Å²) in [6.45, 7) is 0. The number of carbonyl (C=O) groups excluding carboxylic acids is 1. The van der Waals surface area contributed by atoms with Crippen molar-refractivity contribution in [2.45, 2.75) is 0 Å². The normalized spacial score (nSPS) is 10.1. The molecule has 0 aliphatic carbocycles. The fourth-order valence-corrected chi connectivity index (χ4v) is 2.01. The first-order valence-corrected chi connectivity index (χ1v) is 6.81. The maximum atomic E-state index is 12.2. The van der Waals surface area contributed by atoms with E-state index in [1.165, 1.54) is 6.07 Å². The molecular weight excluding hydrogens is 316 g/mol. The molecule has 0 aliphatic rings. The molecule has 2 aromatic rings. The van der Waals surface area contributed by atoms with E-state index in [1.807, 2.05) is 19.0 Å². The SMILES string of the molecule is CN(C)c1ccc(NC(=O)c2ccc([N+](=O)[O-])c([N+](=O)[O-])c2)cc1. The Kier molecular flexibility index (Phi) is 4.73. The Morgan fingerprint density at radius 2 is 1.54 bits per heavy atom. The fraction of sp³-hybridized carbons (Fsp3) is 0.133. The van der Waals surface area contributed by atoms with Crippen molar-refractivity contribution in [3.8, 4) is 0 Å². The minimum Gasteiger partial charge on any atom is -0.378 e. The van der Waals surface area contributed by atoms with E-state index < -0.39 is 27.1 Å². The highest BCUT2D eigenvalue weighted by Gasteiger charge is 2.25. The number of anilines is 2. The second kappa shape index (κ2) is 6.73. The molecule has 0 aliphatic heterocycles. The zero-order chi connectivity index (χ0) is 17.9. The molecule has 0 aromatic heterocycles. The van der Waals surface area contributed by atoms with E-state index in [-0.39, 0.29) is 5.56 Å². The molecule has 24 heavy (non-hydrogen) atoms. The number of hydrogen-bond acceptors (Lipinski definition) is 6. The van der Waals surface area contributed by atoms with Crippen LogP contribution in [-0.2, 0) is 0 Å². The molecule has 0 bridgehead atoms. The van der Waals surface area contributed by atoms with Crippen LogP contribution in [0.5, 0.6) is 0 Å². The first-order chi connectivity index (χ1) is 11.3. The smallest absolute Gasteiger partial charge is 0.346 e. The molecule has 0 unspecified atom stereocenters. The molecule has 0 fully saturated rings. The minimum absolute atomic E-state index is 0.0380. The van der Waals surface area contributed by atoms with Crippen LogP contribution in [0.15, 0.2) is 42.5 Å². The Labute approximate surface area is 136 Å². The maximum Gasteiger partial charge on any atom is 0.346 e. The first kappa shape index (κ1) is 16.9. The van der Waals surface area contributed by atoms with Gasteiger partial charge in [-0.2, -0.15) is 0 Å².